The standard InChI is InChI=1S/C28H28Cl2N4O3/c1-33(17-19-8-4-2-5-9-19)28(37)32-14-13-31-26(35)24-23(29)16-22-21(25(24)30)12-15-34(27(22)36)18-20-10-6-3-7-11-20/h2-11,16H,12-15,17-18H2,1H3,(H,31,35)(H,32,37). The van der Waals surface area contributed by atoms with Crippen LogP contribution in [0.5, 0.6) is 0 Å². The third-order valence-corrected chi connectivity index (χ3v) is 6.92. The van der Waals surface area contributed by atoms with Crippen LogP contribution in [0.25, 0.3) is 0 Å². The van der Waals surface area contributed by atoms with E-state index < -0.39 is 5.91 Å². The van der Waals surface area contributed by atoms with Crippen molar-refractivity contribution in [2.24, 2.45) is 0 Å². The summed E-state index contributed by atoms with van der Waals surface area (Å²) < 4.78 is 0. The Labute approximate surface area is 226 Å². The van der Waals surface area contributed by atoms with Gasteiger partial charge in [0.2, 0.25) is 0 Å². The molecule has 1 aliphatic rings. The second-order valence-electron chi connectivity index (χ2n) is 8.87. The van der Waals surface area contributed by atoms with Gasteiger partial charge in [0.1, 0.15) is 0 Å². The van der Waals surface area contributed by atoms with E-state index >= 15 is 0 Å². The van der Waals surface area contributed by atoms with Crippen LogP contribution in [0.2, 0.25) is 10.0 Å². The lowest BCUT2D eigenvalue weighted by atomic mass is 9.95. The maximum absolute atomic E-state index is 13.1. The minimum Gasteiger partial charge on any atom is -0.350 e. The first-order valence-electron chi connectivity index (χ1n) is 12.0. The molecule has 1 heterocycles. The van der Waals surface area contributed by atoms with Crippen molar-refractivity contribution in [1.82, 2.24) is 20.4 Å². The van der Waals surface area contributed by atoms with Gasteiger partial charge in [0, 0.05) is 45.3 Å². The van der Waals surface area contributed by atoms with Crippen LogP contribution >= 0.6 is 23.2 Å². The van der Waals surface area contributed by atoms with Crippen molar-refractivity contribution in [3.63, 3.8) is 0 Å². The Morgan fingerprint density at radius 3 is 2.24 bits per heavy atom. The summed E-state index contributed by atoms with van der Waals surface area (Å²) in [6.07, 6.45) is 0.522. The first kappa shape index (κ1) is 26.5. The van der Waals surface area contributed by atoms with Crippen LogP contribution in [0.1, 0.15) is 37.4 Å². The number of urea groups is 1. The molecule has 0 saturated heterocycles. The molecule has 37 heavy (non-hydrogen) atoms. The smallest absolute Gasteiger partial charge is 0.317 e. The number of benzene rings is 3. The van der Waals surface area contributed by atoms with Crippen molar-refractivity contribution in [3.8, 4) is 0 Å². The number of hydrogen-bond acceptors (Lipinski definition) is 3. The van der Waals surface area contributed by atoms with Crippen molar-refractivity contribution in [3.05, 3.63) is 105 Å². The van der Waals surface area contributed by atoms with Gasteiger partial charge in [0.05, 0.1) is 15.6 Å². The van der Waals surface area contributed by atoms with E-state index in [-0.39, 0.29) is 40.6 Å². The molecule has 192 valence electrons. The Morgan fingerprint density at radius 1 is 0.946 bits per heavy atom. The molecule has 0 bridgehead atoms. The van der Waals surface area contributed by atoms with Crippen LogP contribution in [0.15, 0.2) is 66.7 Å². The molecule has 0 saturated carbocycles. The zero-order valence-corrected chi connectivity index (χ0v) is 22.0. The maximum Gasteiger partial charge on any atom is 0.317 e. The molecule has 3 aromatic carbocycles. The predicted molar refractivity (Wildman–Crippen MR) is 145 cm³/mol. The highest BCUT2D eigenvalue weighted by atomic mass is 35.5. The molecule has 0 atom stereocenters. The zero-order chi connectivity index (χ0) is 26.4. The van der Waals surface area contributed by atoms with Crippen LogP contribution in [-0.2, 0) is 19.5 Å². The molecule has 0 radical (unpaired) electrons. The molecule has 0 unspecified atom stereocenters. The quantitative estimate of drug-likeness (QED) is 0.405. The topological polar surface area (TPSA) is 81.8 Å². The number of nitrogens with one attached hydrogen (secondary N) is 2. The largest absolute Gasteiger partial charge is 0.350 e. The van der Waals surface area contributed by atoms with Crippen molar-refractivity contribution >= 4 is 41.0 Å². The molecule has 1 aliphatic heterocycles. The summed E-state index contributed by atoms with van der Waals surface area (Å²) in [5, 5.41) is 5.83. The minimum absolute atomic E-state index is 0.114. The Balaban J connectivity index is 1.33. The van der Waals surface area contributed by atoms with E-state index in [1.165, 1.54) is 6.07 Å². The van der Waals surface area contributed by atoms with Gasteiger partial charge in [-0.25, -0.2) is 4.79 Å². The zero-order valence-electron chi connectivity index (χ0n) is 20.5. The third-order valence-electron chi connectivity index (χ3n) is 6.21. The lowest BCUT2D eigenvalue weighted by molar-refractivity contribution is 0.0726. The van der Waals surface area contributed by atoms with E-state index in [9.17, 15) is 14.4 Å². The number of nitrogens with zero attached hydrogens (tertiary/aromatic N) is 2. The first-order chi connectivity index (χ1) is 17.8. The van der Waals surface area contributed by atoms with Crippen molar-refractivity contribution in [2.75, 3.05) is 26.7 Å². The number of carbonyl (C=O) groups is 3. The van der Waals surface area contributed by atoms with Gasteiger partial charge < -0.3 is 20.4 Å². The molecule has 7 nitrogen and oxygen atoms in total. The molecular formula is C28H28Cl2N4O3. The maximum atomic E-state index is 13.1. The Bertz CT molecular complexity index is 1290. The SMILES string of the molecule is CN(Cc1ccccc1)C(=O)NCCNC(=O)c1c(Cl)cc2c(c1Cl)CCN(Cc1ccccc1)C2=O. The van der Waals surface area contributed by atoms with Crippen LogP contribution in [-0.4, -0.2) is 54.3 Å². The summed E-state index contributed by atoms with van der Waals surface area (Å²) in [6.45, 7) is 1.88. The van der Waals surface area contributed by atoms with Crippen molar-refractivity contribution < 1.29 is 14.4 Å². The molecule has 0 aliphatic carbocycles. The molecule has 0 aromatic heterocycles. The predicted octanol–water partition coefficient (Wildman–Crippen LogP) is 4.76. The Hall–Kier alpha value is -3.55. The van der Waals surface area contributed by atoms with Gasteiger partial charge in [-0.1, -0.05) is 83.9 Å². The van der Waals surface area contributed by atoms with Gasteiger partial charge in [0.25, 0.3) is 11.8 Å². The van der Waals surface area contributed by atoms with Crippen LogP contribution in [0.3, 0.4) is 0 Å². The molecular weight excluding hydrogens is 511 g/mol. The summed E-state index contributed by atoms with van der Waals surface area (Å²) in [7, 11) is 1.70. The number of carbonyl (C=O) groups excluding carboxylic acids is 3. The summed E-state index contributed by atoms with van der Waals surface area (Å²) in [5.74, 6) is -0.618. The highest BCUT2D eigenvalue weighted by molar-refractivity contribution is 6.41. The summed E-state index contributed by atoms with van der Waals surface area (Å²) in [6, 6.07) is 20.7. The lowest BCUT2D eigenvalue weighted by Crippen LogP contribution is -2.41. The van der Waals surface area contributed by atoms with Crippen LogP contribution < -0.4 is 10.6 Å². The Kier molecular flexibility index (Phi) is 8.69. The molecule has 3 aromatic rings. The number of fused-ring (bicyclic) bond motifs is 1. The summed E-state index contributed by atoms with van der Waals surface area (Å²) >= 11 is 13.0. The van der Waals surface area contributed by atoms with Gasteiger partial charge in [-0.15, -0.1) is 0 Å². The van der Waals surface area contributed by atoms with E-state index in [4.69, 9.17) is 23.2 Å². The van der Waals surface area contributed by atoms with Crippen LogP contribution in [0, 0.1) is 0 Å². The summed E-state index contributed by atoms with van der Waals surface area (Å²) in [5.41, 5.74) is 3.24. The molecule has 0 spiro atoms. The van der Waals surface area contributed by atoms with Gasteiger partial charge >= 0.3 is 6.03 Å². The number of hydrogen-bond donors (Lipinski definition) is 2. The van der Waals surface area contributed by atoms with E-state index in [0.29, 0.717) is 37.2 Å². The molecule has 0 fully saturated rings. The van der Waals surface area contributed by atoms with Crippen molar-refractivity contribution in [1.29, 1.82) is 0 Å². The lowest BCUT2D eigenvalue weighted by Gasteiger charge is -2.30. The number of rotatable bonds is 8. The second-order valence-corrected chi connectivity index (χ2v) is 9.65. The average molecular weight is 539 g/mol. The molecule has 4 rings (SSSR count). The second kappa shape index (κ2) is 12.1. The minimum atomic E-state index is -0.455. The Morgan fingerprint density at radius 2 is 1.57 bits per heavy atom. The summed E-state index contributed by atoms with van der Waals surface area (Å²) in [4.78, 5) is 41.6. The van der Waals surface area contributed by atoms with E-state index in [0.717, 1.165) is 11.1 Å². The van der Waals surface area contributed by atoms with Gasteiger partial charge in [-0.05, 0) is 29.2 Å². The number of amides is 4. The number of halogens is 2. The fraction of sp³-hybridized carbons (Fsp3) is 0.250. The molecule has 4 amide bonds. The van der Waals surface area contributed by atoms with Gasteiger partial charge in [-0.2, -0.15) is 0 Å². The van der Waals surface area contributed by atoms with Gasteiger partial charge in [0.15, 0.2) is 0 Å². The normalized spacial score (nSPS) is 12.6. The van der Waals surface area contributed by atoms with Crippen LogP contribution in [0.4, 0.5) is 4.79 Å². The first-order valence-corrected chi connectivity index (χ1v) is 12.8. The van der Waals surface area contributed by atoms with E-state index in [1.807, 2.05) is 60.7 Å². The third kappa shape index (κ3) is 6.42. The van der Waals surface area contributed by atoms with Crippen molar-refractivity contribution in [2.45, 2.75) is 19.5 Å². The molecule has 2 N–H and O–H groups in total. The van der Waals surface area contributed by atoms with E-state index in [2.05, 4.69) is 10.6 Å². The molecule has 9 heteroatoms. The fourth-order valence-corrected chi connectivity index (χ4v) is 5.00. The monoisotopic (exact) mass is 538 g/mol. The van der Waals surface area contributed by atoms with Gasteiger partial charge in [-0.3, -0.25) is 9.59 Å². The fourth-order valence-electron chi connectivity index (χ4n) is 4.27. The highest BCUT2D eigenvalue weighted by Crippen LogP contribution is 2.35. The average Bonchev–Trinajstić information content (AvgIpc) is 2.89. The highest BCUT2D eigenvalue weighted by Gasteiger charge is 2.30. The van der Waals surface area contributed by atoms with E-state index in [1.54, 1.807) is 16.8 Å².